The maximum Gasteiger partial charge on any atom is 0.228 e. The van der Waals surface area contributed by atoms with Crippen LogP contribution < -0.4 is 15.0 Å². The fourth-order valence-corrected chi connectivity index (χ4v) is 3.29. The highest BCUT2D eigenvalue weighted by Gasteiger charge is 2.38. The number of amides is 2. The van der Waals surface area contributed by atoms with Gasteiger partial charge in [0.25, 0.3) is 0 Å². The van der Waals surface area contributed by atoms with Crippen LogP contribution in [0.4, 0.5) is 5.69 Å². The molecule has 2 atom stereocenters. The van der Waals surface area contributed by atoms with E-state index in [1.54, 1.807) is 12.0 Å². The van der Waals surface area contributed by atoms with Gasteiger partial charge in [-0.05, 0) is 31.2 Å². The van der Waals surface area contributed by atoms with Gasteiger partial charge in [-0.15, -0.1) is 0 Å². The maximum absolute atomic E-state index is 12.7. The molecule has 0 aliphatic carbocycles. The van der Waals surface area contributed by atoms with Crippen molar-refractivity contribution < 1.29 is 14.3 Å². The van der Waals surface area contributed by atoms with Crippen LogP contribution in [-0.4, -0.2) is 56.0 Å². The lowest BCUT2D eigenvalue weighted by Gasteiger charge is -2.35. The number of ether oxygens (including phenoxy) is 1. The highest BCUT2D eigenvalue weighted by Crippen LogP contribution is 2.28. The number of nitrogens with zero attached hydrogens (tertiary/aromatic N) is 2. The highest BCUT2D eigenvalue weighted by atomic mass is 16.5. The number of methoxy groups -OCH3 is 1. The molecule has 1 N–H and O–H groups in total. The van der Waals surface area contributed by atoms with Gasteiger partial charge in [-0.2, -0.15) is 0 Å². The third kappa shape index (κ3) is 3.17. The van der Waals surface area contributed by atoms with E-state index in [2.05, 4.69) is 5.32 Å². The van der Waals surface area contributed by atoms with Crippen LogP contribution in [0.25, 0.3) is 0 Å². The van der Waals surface area contributed by atoms with E-state index in [0.717, 1.165) is 24.5 Å². The number of hydrogen-bond acceptors (Lipinski definition) is 4. The first-order valence-electron chi connectivity index (χ1n) is 8.05. The molecule has 1 aromatic rings. The molecule has 3 rings (SSSR count). The summed E-state index contributed by atoms with van der Waals surface area (Å²) in [6, 6.07) is 7.56. The highest BCUT2D eigenvalue weighted by molar-refractivity contribution is 6.00. The Labute approximate surface area is 136 Å². The van der Waals surface area contributed by atoms with Crippen LogP contribution in [-0.2, 0) is 9.59 Å². The number of rotatable bonds is 3. The van der Waals surface area contributed by atoms with Crippen molar-refractivity contribution in [3.8, 4) is 5.75 Å². The van der Waals surface area contributed by atoms with E-state index in [0.29, 0.717) is 19.5 Å². The van der Waals surface area contributed by atoms with Crippen LogP contribution in [0.3, 0.4) is 0 Å². The fraction of sp³-hybridized carbons (Fsp3) is 0.529. The quantitative estimate of drug-likeness (QED) is 0.898. The molecule has 6 nitrogen and oxygen atoms in total. The van der Waals surface area contributed by atoms with Gasteiger partial charge >= 0.3 is 0 Å². The lowest BCUT2D eigenvalue weighted by molar-refractivity contribution is -0.138. The van der Waals surface area contributed by atoms with Gasteiger partial charge in [0.1, 0.15) is 5.75 Å². The first-order chi connectivity index (χ1) is 11.1. The second kappa shape index (κ2) is 6.58. The molecule has 2 aliphatic heterocycles. The van der Waals surface area contributed by atoms with Crippen LogP contribution >= 0.6 is 0 Å². The van der Waals surface area contributed by atoms with Crippen LogP contribution in [0.1, 0.15) is 13.3 Å². The summed E-state index contributed by atoms with van der Waals surface area (Å²) in [5.74, 6) is 0.618. The van der Waals surface area contributed by atoms with E-state index in [9.17, 15) is 9.59 Å². The van der Waals surface area contributed by atoms with Crippen LogP contribution in [0.5, 0.6) is 5.75 Å². The molecule has 2 fully saturated rings. The summed E-state index contributed by atoms with van der Waals surface area (Å²) in [6.07, 6.45) is 0.293. The standard InChI is InChI=1S/C17H23N3O3/c1-12-10-18-7-8-19(12)17(22)13-9-16(21)20(11-13)14-3-5-15(23-2)6-4-14/h3-6,12-13,18H,7-11H2,1-2H3. The van der Waals surface area contributed by atoms with Crippen molar-refractivity contribution in [3.05, 3.63) is 24.3 Å². The first kappa shape index (κ1) is 15.8. The first-order valence-corrected chi connectivity index (χ1v) is 8.05. The Morgan fingerprint density at radius 3 is 2.70 bits per heavy atom. The Morgan fingerprint density at radius 2 is 2.04 bits per heavy atom. The van der Waals surface area contributed by atoms with E-state index < -0.39 is 0 Å². The zero-order valence-corrected chi connectivity index (χ0v) is 13.6. The number of carbonyl (C=O) groups is 2. The number of piperazine rings is 1. The molecular formula is C17H23N3O3. The second-order valence-corrected chi connectivity index (χ2v) is 6.19. The van der Waals surface area contributed by atoms with Crippen LogP contribution in [0, 0.1) is 5.92 Å². The van der Waals surface area contributed by atoms with Gasteiger partial charge in [0.15, 0.2) is 0 Å². The van der Waals surface area contributed by atoms with Gasteiger partial charge in [-0.25, -0.2) is 0 Å². The van der Waals surface area contributed by atoms with Gasteiger partial charge in [-0.1, -0.05) is 0 Å². The molecule has 2 heterocycles. The Morgan fingerprint density at radius 1 is 1.30 bits per heavy atom. The lowest BCUT2D eigenvalue weighted by Crippen LogP contribution is -2.54. The lowest BCUT2D eigenvalue weighted by atomic mass is 10.1. The molecule has 124 valence electrons. The third-order valence-electron chi connectivity index (χ3n) is 4.64. The third-order valence-corrected chi connectivity index (χ3v) is 4.64. The van der Waals surface area contributed by atoms with E-state index in [4.69, 9.17) is 4.74 Å². The van der Waals surface area contributed by atoms with Gasteiger partial charge in [0, 0.05) is 44.3 Å². The van der Waals surface area contributed by atoms with E-state index in [-0.39, 0.29) is 23.8 Å². The summed E-state index contributed by atoms with van der Waals surface area (Å²) in [5.41, 5.74) is 0.819. The van der Waals surface area contributed by atoms with Crippen LogP contribution in [0.2, 0.25) is 0 Å². The zero-order valence-electron chi connectivity index (χ0n) is 13.6. The Hall–Kier alpha value is -2.08. The summed E-state index contributed by atoms with van der Waals surface area (Å²) in [6.45, 7) is 4.85. The minimum atomic E-state index is -0.245. The minimum Gasteiger partial charge on any atom is -0.497 e. The predicted octanol–water partition coefficient (Wildman–Crippen LogP) is 0.868. The van der Waals surface area contributed by atoms with E-state index in [1.807, 2.05) is 36.1 Å². The number of hydrogen-bond donors (Lipinski definition) is 1. The molecule has 0 spiro atoms. The summed E-state index contributed by atoms with van der Waals surface area (Å²) < 4.78 is 5.14. The predicted molar refractivity (Wildman–Crippen MR) is 87.5 cm³/mol. The zero-order chi connectivity index (χ0) is 16.4. The van der Waals surface area contributed by atoms with Crippen molar-refractivity contribution >= 4 is 17.5 Å². The number of anilines is 1. The average molecular weight is 317 g/mol. The summed E-state index contributed by atoms with van der Waals surface area (Å²) in [7, 11) is 1.61. The van der Waals surface area contributed by atoms with Gasteiger partial charge in [-0.3, -0.25) is 9.59 Å². The number of nitrogens with one attached hydrogen (secondary N) is 1. The maximum atomic E-state index is 12.7. The minimum absolute atomic E-state index is 0.0105. The van der Waals surface area contributed by atoms with E-state index in [1.165, 1.54) is 0 Å². The second-order valence-electron chi connectivity index (χ2n) is 6.19. The Bertz CT molecular complexity index is 587. The monoisotopic (exact) mass is 317 g/mol. The summed E-state index contributed by atoms with van der Waals surface area (Å²) in [4.78, 5) is 28.7. The SMILES string of the molecule is COc1ccc(N2CC(C(=O)N3CCNCC3C)CC2=O)cc1. The fourth-order valence-electron chi connectivity index (χ4n) is 3.29. The Kier molecular flexibility index (Phi) is 4.52. The number of benzene rings is 1. The average Bonchev–Trinajstić information content (AvgIpc) is 2.96. The molecule has 2 amide bonds. The van der Waals surface area contributed by atoms with Gasteiger partial charge in [0.05, 0.1) is 13.0 Å². The molecular weight excluding hydrogens is 294 g/mol. The molecule has 2 aliphatic rings. The topological polar surface area (TPSA) is 61.9 Å². The van der Waals surface area contributed by atoms with E-state index >= 15 is 0 Å². The van der Waals surface area contributed by atoms with Crippen molar-refractivity contribution in [2.45, 2.75) is 19.4 Å². The number of carbonyl (C=O) groups excluding carboxylic acids is 2. The van der Waals surface area contributed by atoms with Crippen LogP contribution in [0.15, 0.2) is 24.3 Å². The summed E-state index contributed by atoms with van der Waals surface area (Å²) in [5, 5.41) is 3.28. The smallest absolute Gasteiger partial charge is 0.228 e. The largest absolute Gasteiger partial charge is 0.497 e. The molecule has 0 bridgehead atoms. The van der Waals surface area contributed by atoms with Crippen molar-refractivity contribution in [2.75, 3.05) is 38.2 Å². The van der Waals surface area contributed by atoms with Gasteiger partial charge in [0.2, 0.25) is 11.8 Å². The summed E-state index contributed by atoms with van der Waals surface area (Å²) >= 11 is 0. The van der Waals surface area contributed by atoms with Crippen molar-refractivity contribution in [1.29, 1.82) is 0 Å². The molecule has 0 saturated carbocycles. The molecule has 2 saturated heterocycles. The molecule has 0 aromatic heterocycles. The Balaban J connectivity index is 1.70. The molecule has 23 heavy (non-hydrogen) atoms. The molecule has 2 unspecified atom stereocenters. The normalized spacial score (nSPS) is 24.9. The van der Waals surface area contributed by atoms with Crippen molar-refractivity contribution in [1.82, 2.24) is 10.2 Å². The van der Waals surface area contributed by atoms with Gasteiger partial charge < -0.3 is 19.9 Å². The molecule has 6 heteroatoms. The van der Waals surface area contributed by atoms with Crippen molar-refractivity contribution in [2.24, 2.45) is 5.92 Å². The molecule has 1 aromatic carbocycles. The molecule has 0 radical (unpaired) electrons. The van der Waals surface area contributed by atoms with Crippen molar-refractivity contribution in [3.63, 3.8) is 0 Å².